The van der Waals surface area contributed by atoms with Crippen LogP contribution in [-0.4, -0.2) is 57.2 Å². The summed E-state index contributed by atoms with van der Waals surface area (Å²) in [4.78, 5) is 16.0. The van der Waals surface area contributed by atoms with Crippen LogP contribution in [0.1, 0.15) is 28.8 Å². The van der Waals surface area contributed by atoms with Gasteiger partial charge in [-0.25, -0.2) is 10.6 Å². The highest BCUT2D eigenvalue weighted by molar-refractivity contribution is 5.92. The van der Waals surface area contributed by atoms with E-state index in [0.717, 1.165) is 38.5 Å². The van der Waals surface area contributed by atoms with Crippen LogP contribution in [0, 0.1) is 0 Å². The van der Waals surface area contributed by atoms with Crippen LogP contribution in [0.3, 0.4) is 0 Å². The molecule has 180 valence electrons. The molecule has 0 atom stereocenters. The molecule has 7 nitrogen and oxygen atoms in total. The fourth-order valence-corrected chi connectivity index (χ4v) is 3.88. The van der Waals surface area contributed by atoms with Crippen LogP contribution in [0.25, 0.3) is 0 Å². The Hall–Kier alpha value is -2.98. The number of anilines is 3. The summed E-state index contributed by atoms with van der Waals surface area (Å²) in [5.74, 6) is 5.70. The number of methoxy groups -OCH3 is 1. The summed E-state index contributed by atoms with van der Waals surface area (Å²) in [5, 5.41) is 1.54. The number of nitrogens with zero attached hydrogens (tertiary/aromatic N) is 3. The number of ether oxygens (including phenoxy) is 1. The Morgan fingerprint density at radius 3 is 2.48 bits per heavy atom. The van der Waals surface area contributed by atoms with E-state index in [4.69, 9.17) is 16.3 Å². The topological polar surface area (TPSA) is 88.1 Å². The molecule has 0 amide bonds. The molecule has 0 aromatic heterocycles. The summed E-state index contributed by atoms with van der Waals surface area (Å²) in [6, 6.07) is 10.3. The molecule has 1 aliphatic rings. The predicted molar refractivity (Wildman–Crippen MR) is 123 cm³/mol. The molecule has 0 radical (unpaired) electrons. The summed E-state index contributed by atoms with van der Waals surface area (Å²) in [6.07, 6.45) is -2.60. The fourth-order valence-electron chi connectivity index (χ4n) is 3.88. The second-order valence-corrected chi connectivity index (χ2v) is 8.04. The first-order valence-corrected chi connectivity index (χ1v) is 10.8. The van der Waals surface area contributed by atoms with Crippen LogP contribution in [0.4, 0.5) is 30.2 Å². The lowest BCUT2D eigenvalue weighted by atomic mass is 10.1. The van der Waals surface area contributed by atoms with E-state index < -0.39 is 17.7 Å². The smallest absolute Gasteiger partial charge is 0.416 e. The molecule has 1 saturated heterocycles. The fraction of sp³-hybridized carbons (Fsp3) is 0.435. The van der Waals surface area contributed by atoms with Gasteiger partial charge in [0.15, 0.2) is 0 Å². The van der Waals surface area contributed by atoms with Gasteiger partial charge in [-0.3, -0.25) is 4.90 Å². The van der Waals surface area contributed by atoms with Gasteiger partial charge in [0.25, 0.3) is 0 Å². The average molecular weight is 466 g/mol. The normalized spacial score (nSPS) is 14.9. The van der Waals surface area contributed by atoms with E-state index >= 15 is 0 Å². The second-order valence-electron chi connectivity index (χ2n) is 8.04. The minimum absolute atomic E-state index is 0.385. The van der Waals surface area contributed by atoms with Gasteiger partial charge in [-0.2, -0.15) is 13.2 Å². The Kier molecular flexibility index (Phi) is 8.04. The zero-order valence-corrected chi connectivity index (χ0v) is 18.6. The van der Waals surface area contributed by atoms with Crippen molar-refractivity contribution in [3.8, 4) is 0 Å². The third-order valence-electron chi connectivity index (χ3n) is 5.80. The number of benzene rings is 2. The number of hydrogen-bond donors (Lipinski definition) is 2. The first-order chi connectivity index (χ1) is 15.7. The highest BCUT2D eigenvalue weighted by Crippen LogP contribution is 2.32. The molecule has 0 aliphatic carbocycles. The van der Waals surface area contributed by atoms with Crippen molar-refractivity contribution in [3.63, 3.8) is 0 Å². The summed E-state index contributed by atoms with van der Waals surface area (Å²) in [5.41, 5.74) is 7.43. The molecule has 1 fully saturated rings. The molecule has 10 heteroatoms. The van der Waals surface area contributed by atoms with Crippen molar-refractivity contribution >= 4 is 23.0 Å². The van der Waals surface area contributed by atoms with Gasteiger partial charge in [-0.15, -0.1) is 0 Å². The van der Waals surface area contributed by atoms with Crippen molar-refractivity contribution in [2.24, 2.45) is 5.84 Å². The SMILES string of the molecule is COC(=O)c1ccc(N)c(N(N)CCCCN2CCN(c3cccc(C(F)(F)F)c3)CC2)c1. The number of piperazine rings is 1. The third kappa shape index (κ3) is 6.52. The molecular formula is C23H30F3N5O2. The van der Waals surface area contributed by atoms with Crippen molar-refractivity contribution in [2.75, 3.05) is 62.0 Å². The number of esters is 1. The molecule has 0 unspecified atom stereocenters. The van der Waals surface area contributed by atoms with Gasteiger partial charge < -0.3 is 20.4 Å². The first-order valence-electron chi connectivity index (χ1n) is 10.8. The van der Waals surface area contributed by atoms with Gasteiger partial charge in [-0.1, -0.05) is 6.07 Å². The molecule has 1 aliphatic heterocycles. The van der Waals surface area contributed by atoms with Gasteiger partial charge in [0.1, 0.15) is 0 Å². The van der Waals surface area contributed by atoms with E-state index in [9.17, 15) is 18.0 Å². The van der Waals surface area contributed by atoms with E-state index in [1.165, 1.54) is 24.3 Å². The van der Waals surface area contributed by atoms with Gasteiger partial charge in [-0.05, 0) is 55.8 Å². The van der Waals surface area contributed by atoms with Crippen molar-refractivity contribution in [2.45, 2.75) is 19.0 Å². The Balaban J connectivity index is 1.43. The van der Waals surface area contributed by atoms with Crippen molar-refractivity contribution in [1.29, 1.82) is 0 Å². The van der Waals surface area contributed by atoms with Crippen molar-refractivity contribution in [3.05, 3.63) is 53.6 Å². The molecule has 4 N–H and O–H groups in total. The number of hydrogen-bond acceptors (Lipinski definition) is 7. The molecule has 33 heavy (non-hydrogen) atoms. The average Bonchev–Trinajstić information content (AvgIpc) is 2.81. The molecule has 0 bridgehead atoms. The highest BCUT2D eigenvalue weighted by Gasteiger charge is 2.31. The highest BCUT2D eigenvalue weighted by atomic mass is 19.4. The summed E-state index contributed by atoms with van der Waals surface area (Å²) >= 11 is 0. The van der Waals surface area contributed by atoms with Crippen LogP contribution in [0.15, 0.2) is 42.5 Å². The van der Waals surface area contributed by atoms with Crippen molar-refractivity contribution < 1.29 is 22.7 Å². The number of nitrogens with two attached hydrogens (primary N) is 2. The molecule has 3 rings (SSSR count). The van der Waals surface area contributed by atoms with Crippen LogP contribution >= 0.6 is 0 Å². The number of carbonyl (C=O) groups is 1. The largest absolute Gasteiger partial charge is 0.465 e. The van der Waals surface area contributed by atoms with Gasteiger partial charge >= 0.3 is 12.1 Å². The predicted octanol–water partition coefficient (Wildman–Crippen LogP) is 3.36. The summed E-state index contributed by atoms with van der Waals surface area (Å²) in [7, 11) is 1.32. The zero-order chi connectivity index (χ0) is 24.0. The minimum atomic E-state index is -4.33. The van der Waals surface area contributed by atoms with Gasteiger partial charge in [0, 0.05) is 38.4 Å². The molecule has 0 spiro atoms. The maximum Gasteiger partial charge on any atom is 0.416 e. The maximum atomic E-state index is 13.0. The number of nitrogen functional groups attached to an aromatic ring is 1. The lowest BCUT2D eigenvalue weighted by Crippen LogP contribution is -2.46. The second kappa shape index (κ2) is 10.8. The first kappa shape index (κ1) is 24.7. The van der Waals surface area contributed by atoms with Crippen LogP contribution in [0.5, 0.6) is 0 Å². The number of alkyl halides is 3. The third-order valence-corrected chi connectivity index (χ3v) is 5.80. The van der Waals surface area contributed by atoms with Crippen molar-refractivity contribution in [1.82, 2.24) is 4.90 Å². The quantitative estimate of drug-likeness (QED) is 0.203. The lowest BCUT2D eigenvalue weighted by molar-refractivity contribution is -0.137. The van der Waals surface area contributed by atoms with Gasteiger partial charge in [0.2, 0.25) is 0 Å². The molecular weight excluding hydrogens is 435 g/mol. The number of carbonyl (C=O) groups excluding carboxylic acids is 1. The number of hydrazine groups is 1. The van der Waals surface area contributed by atoms with Crippen LogP contribution < -0.4 is 21.5 Å². The van der Waals surface area contributed by atoms with E-state index in [2.05, 4.69) is 4.90 Å². The summed E-state index contributed by atoms with van der Waals surface area (Å²) < 4.78 is 43.6. The Morgan fingerprint density at radius 2 is 1.82 bits per heavy atom. The lowest BCUT2D eigenvalue weighted by Gasteiger charge is -2.36. The van der Waals surface area contributed by atoms with E-state index in [1.54, 1.807) is 24.3 Å². The Labute approximate surface area is 191 Å². The number of unbranched alkanes of at least 4 members (excludes halogenated alkanes) is 1. The zero-order valence-electron chi connectivity index (χ0n) is 18.6. The Morgan fingerprint density at radius 1 is 1.09 bits per heavy atom. The van der Waals surface area contributed by atoms with Crippen LogP contribution in [-0.2, 0) is 10.9 Å². The van der Waals surface area contributed by atoms with Gasteiger partial charge in [0.05, 0.1) is 29.6 Å². The minimum Gasteiger partial charge on any atom is -0.465 e. The van der Waals surface area contributed by atoms with E-state index in [-0.39, 0.29) is 0 Å². The molecule has 2 aromatic rings. The maximum absolute atomic E-state index is 13.0. The summed E-state index contributed by atoms with van der Waals surface area (Å²) in [6.45, 7) is 4.39. The van der Waals surface area contributed by atoms with Crippen LogP contribution in [0.2, 0.25) is 0 Å². The molecule has 0 saturated carbocycles. The molecule has 2 aromatic carbocycles. The molecule has 1 heterocycles. The number of rotatable bonds is 8. The Bertz CT molecular complexity index is 946. The number of halogens is 3. The van der Waals surface area contributed by atoms with E-state index in [1.807, 2.05) is 4.90 Å². The monoisotopic (exact) mass is 465 g/mol. The standard InChI is InChI=1S/C23H30F3N5O2/c1-33-22(32)17-7-8-20(27)21(15-17)31(28)10-3-2-9-29-11-13-30(14-12-29)19-6-4-5-18(16-19)23(24,25)26/h4-8,15-16H,2-3,9-14,27-28H2,1H3. The van der Waals surface area contributed by atoms with E-state index in [0.29, 0.717) is 42.3 Å².